The molecule has 0 bridgehead atoms. The van der Waals surface area contributed by atoms with Crippen molar-refractivity contribution in [2.45, 2.75) is 17.9 Å². The van der Waals surface area contributed by atoms with E-state index in [1.807, 2.05) is 0 Å². The van der Waals surface area contributed by atoms with Crippen LogP contribution < -0.4 is 10.5 Å². The van der Waals surface area contributed by atoms with Crippen molar-refractivity contribution in [1.29, 1.82) is 0 Å². The van der Waals surface area contributed by atoms with Crippen LogP contribution in [0.5, 0.6) is 0 Å². The Labute approximate surface area is 136 Å². The summed E-state index contributed by atoms with van der Waals surface area (Å²) in [6, 6.07) is 7.64. The Hall–Kier alpha value is -1.15. The number of nitrogen functional groups attached to an aromatic ring is 1. The van der Waals surface area contributed by atoms with Gasteiger partial charge in [-0.15, -0.1) is 0 Å². The van der Waals surface area contributed by atoms with E-state index in [-0.39, 0.29) is 20.1 Å². The Bertz CT molecular complexity index is 754. The minimum absolute atomic E-state index is 0.00437. The highest BCUT2D eigenvalue weighted by molar-refractivity contribution is 9.10. The van der Waals surface area contributed by atoms with Crippen LogP contribution in [0.2, 0.25) is 5.02 Å². The van der Waals surface area contributed by atoms with Gasteiger partial charge in [0, 0.05) is 16.9 Å². The molecule has 1 aromatic heterocycles. The summed E-state index contributed by atoms with van der Waals surface area (Å²) in [5.41, 5.74) is 6.60. The fraction of sp³-hybridized carbons (Fsp3) is 0.154. The number of aromatic nitrogens is 1. The predicted molar refractivity (Wildman–Crippen MR) is 86.5 cm³/mol. The van der Waals surface area contributed by atoms with Gasteiger partial charge in [-0.1, -0.05) is 17.7 Å². The lowest BCUT2D eigenvalue weighted by Gasteiger charge is -2.15. The smallest absolute Gasteiger partial charge is 0.242 e. The second-order valence-corrected chi connectivity index (χ2v) is 7.32. The van der Waals surface area contributed by atoms with Crippen molar-refractivity contribution in [2.24, 2.45) is 0 Å². The molecule has 0 amide bonds. The van der Waals surface area contributed by atoms with Crippen LogP contribution in [0.15, 0.2) is 45.9 Å². The molecule has 0 aliphatic carbocycles. The van der Waals surface area contributed by atoms with Gasteiger partial charge in [-0.05, 0) is 47.1 Å². The number of benzene rings is 1. The van der Waals surface area contributed by atoms with Gasteiger partial charge < -0.3 is 5.73 Å². The van der Waals surface area contributed by atoms with E-state index in [2.05, 4.69) is 25.6 Å². The molecule has 0 saturated heterocycles. The van der Waals surface area contributed by atoms with Crippen LogP contribution in [0.25, 0.3) is 0 Å². The Balaban J connectivity index is 2.35. The molecule has 2 aromatic rings. The molecule has 0 spiro atoms. The maximum absolute atomic E-state index is 12.5. The second kappa shape index (κ2) is 6.31. The molecular formula is C13H13BrClN3O2S. The maximum atomic E-state index is 12.5. The summed E-state index contributed by atoms with van der Waals surface area (Å²) in [7, 11) is -3.78. The molecule has 0 aliphatic rings. The van der Waals surface area contributed by atoms with Crippen molar-refractivity contribution in [3.05, 3.63) is 51.7 Å². The summed E-state index contributed by atoms with van der Waals surface area (Å²) in [6.45, 7) is 1.71. The molecule has 3 N–H and O–H groups in total. The molecule has 0 aliphatic heterocycles. The number of hydrogen-bond donors (Lipinski definition) is 2. The van der Waals surface area contributed by atoms with Crippen molar-refractivity contribution in [3.63, 3.8) is 0 Å². The van der Waals surface area contributed by atoms with Crippen LogP contribution in [0.1, 0.15) is 18.7 Å². The number of pyridine rings is 1. The largest absolute Gasteiger partial charge is 0.398 e. The average molecular weight is 391 g/mol. The van der Waals surface area contributed by atoms with Crippen molar-refractivity contribution in [2.75, 3.05) is 5.73 Å². The van der Waals surface area contributed by atoms with Gasteiger partial charge in [-0.2, -0.15) is 0 Å². The molecule has 8 heteroatoms. The molecule has 5 nitrogen and oxygen atoms in total. The zero-order valence-electron chi connectivity index (χ0n) is 11.0. The number of anilines is 1. The zero-order chi connectivity index (χ0) is 15.6. The lowest BCUT2D eigenvalue weighted by Crippen LogP contribution is -2.27. The number of halogens is 2. The van der Waals surface area contributed by atoms with Crippen LogP contribution >= 0.6 is 27.5 Å². The third-order valence-electron chi connectivity index (χ3n) is 2.79. The number of hydrogen-bond acceptors (Lipinski definition) is 4. The minimum atomic E-state index is -3.78. The molecule has 0 saturated carbocycles. The normalized spacial score (nSPS) is 13.1. The van der Waals surface area contributed by atoms with Crippen LogP contribution in [0.3, 0.4) is 0 Å². The first-order valence-corrected chi connectivity index (χ1v) is 8.64. The van der Waals surface area contributed by atoms with Gasteiger partial charge in [0.2, 0.25) is 10.0 Å². The highest BCUT2D eigenvalue weighted by atomic mass is 79.9. The molecular weight excluding hydrogens is 378 g/mol. The summed E-state index contributed by atoms with van der Waals surface area (Å²) >= 11 is 9.05. The van der Waals surface area contributed by atoms with Gasteiger partial charge in [-0.25, -0.2) is 13.1 Å². The Morgan fingerprint density at radius 3 is 2.71 bits per heavy atom. The fourth-order valence-electron chi connectivity index (χ4n) is 1.77. The molecule has 1 aromatic carbocycles. The van der Waals surface area contributed by atoms with E-state index >= 15 is 0 Å². The van der Waals surface area contributed by atoms with Crippen molar-refractivity contribution in [3.8, 4) is 0 Å². The average Bonchev–Trinajstić information content (AvgIpc) is 2.43. The first-order chi connectivity index (χ1) is 9.81. The van der Waals surface area contributed by atoms with Gasteiger partial charge >= 0.3 is 0 Å². The van der Waals surface area contributed by atoms with E-state index in [1.165, 1.54) is 12.1 Å². The third kappa shape index (κ3) is 3.74. The Morgan fingerprint density at radius 1 is 1.38 bits per heavy atom. The predicted octanol–water partition coefficient (Wildman–Crippen LogP) is 3.12. The van der Waals surface area contributed by atoms with Crippen LogP contribution in [0, 0.1) is 0 Å². The molecule has 0 fully saturated rings. The van der Waals surface area contributed by atoms with Crippen LogP contribution in [-0.4, -0.2) is 13.4 Å². The van der Waals surface area contributed by atoms with Gasteiger partial charge in [0.25, 0.3) is 0 Å². The SMILES string of the molecule is CC(NS(=O)(=O)c1cc(Cl)cc(N)c1Br)c1ccccn1. The van der Waals surface area contributed by atoms with Crippen molar-refractivity contribution >= 4 is 43.2 Å². The first-order valence-electron chi connectivity index (χ1n) is 5.99. The number of sulfonamides is 1. The van der Waals surface area contributed by atoms with Crippen molar-refractivity contribution in [1.82, 2.24) is 9.71 Å². The van der Waals surface area contributed by atoms with E-state index in [1.54, 1.807) is 31.3 Å². The maximum Gasteiger partial charge on any atom is 0.242 e. The Kier molecular flexibility index (Phi) is 4.88. The second-order valence-electron chi connectivity index (χ2n) is 4.40. The summed E-state index contributed by atoms with van der Waals surface area (Å²) in [5.74, 6) is 0. The monoisotopic (exact) mass is 389 g/mol. The number of rotatable bonds is 4. The molecule has 21 heavy (non-hydrogen) atoms. The number of nitrogens with one attached hydrogen (secondary N) is 1. The van der Waals surface area contributed by atoms with Crippen molar-refractivity contribution < 1.29 is 8.42 Å². The van der Waals surface area contributed by atoms with E-state index in [9.17, 15) is 8.42 Å². The van der Waals surface area contributed by atoms with Crippen LogP contribution in [0.4, 0.5) is 5.69 Å². The van der Waals surface area contributed by atoms with Crippen LogP contribution in [-0.2, 0) is 10.0 Å². The summed E-state index contributed by atoms with van der Waals surface area (Å²) in [6.07, 6.45) is 1.60. The highest BCUT2D eigenvalue weighted by Crippen LogP contribution is 2.32. The topological polar surface area (TPSA) is 85.1 Å². The van der Waals surface area contributed by atoms with E-state index in [0.717, 1.165) is 0 Å². The summed E-state index contributed by atoms with van der Waals surface area (Å²) in [5, 5.41) is 0.251. The Morgan fingerprint density at radius 2 is 2.10 bits per heavy atom. The summed E-state index contributed by atoms with van der Waals surface area (Å²) in [4.78, 5) is 4.12. The zero-order valence-corrected chi connectivity index (χ0v) is 14.2. The molecule has 1 unspecified atom stereocenters. The van der Waals surface area contributed by atoms with Gasteiger partial charge in [-0.3, -0.25) is 4.98 Å². The van der Waals surface area contributed by atoms with Gasteiger partial charge in [0.1, 0.15) is 0 Å². The number of nitrogens with two attached hydrogens (primary N) is 1. The van der Waals surface area contributed by atoms with E-state index in [4.69, 9.17) is 17.3 Å². The van der Waals surface area contributed by atoms with E-state index < -0.39 is 16.1 Å². The first kappa shape index (κ1) is 16.2. The lowest BCUT2D eigenvalue weighted by atomic mass is 10.2. The molecule has 0 radical (unpaired) electrons. The lowest BCUT2D eigenvalue weighted by molar-refractivity contribution is 0.563. The van der Waals surface area contributed by atoms with Gasteiger partial charge in [0.05, 0.1) is 21.1 Å². The number of nitrogens with zero attached hydrogens (tertiary/aromatic N) is 1. The van der Waals surface area contributed by atoms with E-state index in [0.29, 0.717) is 5.69 Å². The molecule has 1 atom stereocenters. The third-order valence-corrected chi connectivity index (χ3v) is 5.72. The fourth-order valence-corrected chi connectivity index (χ4v) is 4.28. The molecule has 112 valence electrons. The summed E-state index contributed by atoms with van der Waals surface area (Å²) < 4.78 is 27.8. The highest BCUT2D eigenvalue weighted by Gasteiger charge is 2.23. The molecule has 2 rings (SSSR count). The van der Waals surface area contributed by atoms with Gasteiger partial charge in [0.15, 0.2) is 0 Å². The minimum Gasteiger partial charge on any atom is -0.398 e. The quantitative estimate of drug-likeness (QED) is 0.786. The standard InChI is InChI=1S/C13H13BrClN3O2S/c1-8(11-4-2-3-5-17-11)18-21(19,20)12-7-9(15)6-10(16)13(12)14/h2-8,18H,16H2,1H3. The molecule has 1 heterocycles.